The standard InChI is InChI=1S/C18H26N2O3.C2HF3O2/c1-22-12-10-19-18(21)17-8-7-15-16(23-17)9-11-20(15)13-14-5-3-2-4-6-14;3-2(4,5)1(6)7/h2-6,15-17H,7-13H2,1H3,(H,19,21);(H,6,7)/t15-,16-,17+;/m1./s1. The zero-order valence-corrected chi connectivity index (χ0v) is 16.7. The lowest BCUT2D eigenvalue weighted by molar-refractivity contribution is -0.192. The lowest BCUT2D eigenvalue weighted by atomic mass is 9.98. The minimum Gasteiger partial charge on any atom is -0.475 e. The van der Waals surface area contributed by atoms with E-state index in [1.807, 2.05) is 6.07 Å². The van der Waals surface area contributed by atoms with Gasteiger partial charge in [-0.3, -0.25) is 9.69 Å². The number of amides is 1. The molecular weight excluding hydrogens is 405 g/mol. The van der Waals surface area contributed by atoms with Gasteiger partial charge in [-0.1, -0.05) is 30.3 Å². The van der Waals surface area contributed by atoms with Crippen molar-refractivity contribution in [2.45, 2.75) is 50.2 Å². The number of aliphatic carboxylic acids is 1. The van der Waals surface area contributed by atoms with Gasteiger partial charge < -0.3 is 19.9 Å². The van der Waals surface area contributed by atoms with Crippen LogP contribution >= 0.6 is 0 Å². The van der Waals surface area contributed by atoms with Crippen molar-refractivity contribution in [1.29, 1.82) is 0 Å². The van der Waals surface area contributed by atoms with Crippen LogP contribution in [0.2, 0.25) is 0 Å². The molecule has 3 rings (SSSR count). The van der Waals surface area contributed by atoms with E-state index in [9.17, 15) is 18.0 Å². The van der Waals surface area contributed by atoms with E-state index in [0.29, 0.717) is 19.2 Å². The number of carboxylic acids is 1. The maximum atomic E-state index is 12.1. The zero-order valence-electron chi connectivity index (χ0n) is 16.7. The van der Waals surface area contributed by atoms with E-state index in [0.717, 1.165) is 32.4 Å². The van der Waals surface area contributed by atoms with Crippen LogP contribution < -0.4 is 5.32 Å². The van der Waals surface area contributed by atoms with Gasteiger partial charge in [-0.2, -0.15) is 13.2 Å². The van der Waals surface area contributed by atoms with E-state index in [2.05, 4.69) is 34.5 Å². The van der Waals surface area contributed by atoms with Gasteiger partial charge in [-0.15, -0.1) is 0 Å². The third-order valence-corrected chi connectivity index (χ3v) is 5.03. The maximum Gasteiger partial charge on any atom is 0.490 e. The van der Waals surface area contributed by atoms with Crippen molar-refractivity contribution in [2.24, 2.45) is 0 Å². The molecule has 2 N–H and O–H groups in total. The van der Waals surface area contributed by atoms with Gasteiger partial charge >= 0.3 is 12.1 Å². The van der Waals surface area contributed by atoms with Crippen LogP contribution in [0.1, 0.15) is 24.8 Å². The fourth-order valence-electron chi connectivity index (χ4n) is 3.61. The summed E-state index contributed by atoms with van der Waals surface area (Å²) in [4.78, 5) is 23.5. The Kier molecular flexibility index (Phi) is 9.07. The molecule has 2 aliphatic heterocycles. The van der Waals surface area contributed by atoms with E-state index >= 15 is 0 Å². The number of methoxy groups -OCH3 is 1. The summed E-state index contributed by atoms with van der Waals surface area (Å²) in [5, 5.41) is 10.0. The summed E-state index contributed by atoms with van der Waals surface area (Å²) in [7, 11) is 1.63. The Bertz CT molecular complexity index is 687. The minimum atomic E-state index is -5.08. The maximum absolute atomic E-state index is 12.1. The van der Waals surface area contributed by atoms with Crippen LogP contribution in [0.5, 0.6) is 0 Å². The number of benzene rings is 1. The molecule has 0 unspecified atom stereocenters. The van der Waals surface area contributed by atoms with Crippen LogP contribution in [0, 0.1) is 0 Å². The van der Waals surface area contributed by atoms with Crippen LogP contribution in [-0.4, -0.2) is 73.1 Å². The molecule has 7 nitrogen and oxygen atoms in total. The number of hydrogen-bond donors (Lipinski definition) is 2. The van der Waals surface area contributed by atoms with Crippen molar-refractivity contribution in [3.05, 3.63) is 35.9 Å². The molecule has 30 heavy (non-hydrogen) atoms. The molecule has 2 saturated heterocycles. The number of fused-ring (bicyclic) bond motifs is 1. The molecule has 2 fully saturated rings. The molecule has 0 aliphatic carbocycles. The molecule has 2 aliphatic rings. The van der Waals surface area contributed by atoms with E-state index in [-0.39, 0.29) is 18.1 Å². The third kappa shape index (κ3) is 7.26. The Morgan fingerprint density at radius 1 is 1.23 bits per heavy atom. The lowest BCUT2D eigenvalue weighted by Crippen LogP contribution is -2.48. The quantitative estimate of drug-likeness (QED) is 0.671. The highest BCUT2D eigenvalue weighted by molar-refractivity contribution is 5.80. The average molecular weight is 432 g/mol. The highest BCUT2D eigenvalue weighted by atomic mass is 19.4. The summed E-state index contributed by atoms with van der Waals surface area (Å²) < 4.78 is 42.8. The van der Waals surface area contributed by atoms with E-state index in [1.54, 1.807) is 7.11 Å². The Hall–Kier alpha value is -2.17. The first kappa shape index (κ1) is 24.1. The fourth-order valence-corrected chi connectivity index (χ4v) is 3.61. The molecule has 1 aromatic carbocycles. The molecule has 0 radical (unpaired) electrons. The number of carbonyl (C=O) groups excluding carboxylic acids is 1. The SMILES string of the molecule is COCCNC(=O)[C@@H]1CC[C@@H]2[C@@H](CCN2Cc2ccccc2)O1.O=C(O)C(F)(F)F. The first-order valence-corrected chi connectivity index (χ1v) is 9.72. The highest BCUT2D eigenvalue weighted by Crippen LogP contribution is 2.32. The van der Waals surface area contributed by atoms with Gasteiger partial charge in [-0.05, 0) is 24.8 Å². The molecule has 0 bridgehead atoms. The molecule has 1 aromatic rings. The Morgan fingerprint density at radius 2 is 1.90 bits per heavy atom. The van der Waals surface area contributed by atoms with Crippen molar-refractivity contribution in [1.82, 2.24) is 10.2 Å². The zero-order chi connectivity index (χ0) is 22.1. The molecule has 0 aromatic heterocycles. The summed E-state index contributed by atoms with van der Waals surface area (Å²) in [6.07, 6.45) is -2.36. The number of nitrogens with one attached hydrogen (secondary N) is 1. The number of alkyl halides is 3. The van der Waals surface area contributed by atoms with E-state index in [4.69, 9.17) is 19.4 Å². The molecular formula is C20H27F3N2O5. The van der Waals surface area contributed by atoms with Crippen molar-refractivity contribution in [3.8, 4) is 0 Å². The largest absolute Gasteiger partial charge is 0.490 e. The van der Waals surface area contributed by atoms with E-state index < -0.39 is 12.1 Å². The minimum absolute atomic E-state index is 0.00186. The van der Waals surface area contributed by atoms with Crippen LogP contribution in [0.3, 0.4) is 0 Å². The lowest BCUT2D eigenvalue weighted by Gasteiger charge is -2.35. The van der Waals surface area contributed by atoms with Crippen LogP contribution in [0.4, 0.5) is 13.2 Å². The number of ether oxygens (including phenoxy) is 2. The number of likely N-dealkylation sites (tertiary alicyclic amines) is 1. The van der Waals surface area contributed by atoms with E-state index in [1.165, 1.54) is 5.56 Å². The normalized spacial score (nSPS) is 23.8. The van der Waals surface area contributed by atoms with Crippen molar-refractivity contribution in [3.63, 3.8) is 0 Å². The first-order chi connectivity index (χ1) is 14.2. The number of carbonyl (C=O) groups is 2. The molecule has 0 spiro atoms. The first-order valence-electron chi connectivity index (χ1n) is 9.72. The van der Waals surface area contributed by atoms with Crippen LogP contribution in [0.25, 0.3) is 0 Å². The van der Waals surface area contributed by atoms with Crippen LogP contribution in [0.15, 0.2) is 30.3 Å². The molecule has 3 atom stereocenters. The molecule has 2 heterocycles. The molecule has 10 heteroatoms. The van der Waals surface area contributed by atoms with Crippen molar-refractivity contribution in [2.75, 3.05) is 26.8 Å². The van der Waals surface area contributed by atoms with Crippen molar-refractivity contribution < 1.29 is 37.3 Å². The molecule has 168 valence electrons. The van der Waals surface area contributed by atoms with Gasteiger partial charge in [0.1, 0.15) is 6.10 Å². The second-order valence-electron chi connectivity index (χ2n) is 7.14. The Balaban J connectivity index is 0.000000396. The monoisotopic (exact) mass is 432 g/mol. The van der Waals surface area contributed by atoms with Gasteiger partial charge in [-0.25, -0.2) is 4.79 Å². The molecule has 0 saturated carbocycles. The number of nitrogens with zero attached hydrogens (tertiary/aromatic N) is 1. The summed E-state index contributed by atoms with van der Waals surface area (Å²) in [5.41, 5.74) is 1.34. The average Bonchev–Trinajstić information content (AvgIpc) is 3.10. The number of carboxylic acid groups (broad SMARTS) is 1. The number of hydrogen-bond acceptors (Lipinski definition) is 5. The summed E-state index contributed by atoms with van der Waals surface area (Å²) in [5.74, 6) is -2.76. The van der Waals surface area contributed by atoms with Crippen LogP contribution in [-0.2, 0) is 25.6 Å². The van der Waals surface area contributed by atoms with Gasteiger partial charge in [0.25, 0.3) is 0 Å². The molecule has 1 amide bonds. The van der Waals surface area contributed by atoms with Gasteiger partial charge in [0.2, 0.25) is 5.91 Å². The highest BCUT2D eigenvalue weighted by Gasteiger charge is 2.41. The Morgan fingerprint density at radius 3 is 2.50 bits per heavy atom. The second-order valence-corrected chi connectivity index (χ2v) is 7.14. The third-order valence-electron chi connectivity index (χ3n) is 5.03. The van der Waals surface area contributed by atoms with Gasteiger partial charge in [0, 0.05) is 32.8 Å². The topological polar surface area (TPSA) is 88.1 Å². The predicted molar refractivity (Wildman–Crippen MR) is 102 cm³/mol. The summed E-state index contributed by atoms with van der Waals surface area (Å²) >= 11 is 0. The summed E-state index contributed by atoms with van der Waals surface area (Å²) in [6.45, 7) is 3.09. The van der Waals surface area contributed by atoms with Crippen molar-refractivity contribution >= 4 is 11.9 Å². The summed E-state index contributed by atoms with van der Waals surface area (Å²) in [6, 6.07) is 11.0. The Labute approximate surface area is 173 Å². The van der Waals surface area contributed by atoms with Gasteiger partial charge in [0.05, 0.1) is 12.7 Å². The van der Waals surface area contributed by atoms with Gasteiger partial charge in [0.15, 0.2) is 0 Å². The number of rotatable bonds is 6. The smallest absolute Gasteiger partial charge is 0.475 e. The second kappa shape index (κ2) is 11.3. The number of halogens is 3. The fraction of sp³-hybridized carbons (Fsp3) is 0.600. The predicted octanol–water partition coefficient (Wildman–Crippen LogP) is 2.20.